The fraction of sp³-hybridized carbons (Fsp3) is 0.320. The van der Waals surface area contributed by atoms with E-state index in [1.165, 1.54) is 10.5 Å². The number of thiazole rings is 1. The fourth-order valence-electron chi connectivity index (χ4n) is 3.93. The molecule has 0 spiro atoms. The van der Waals surface area contributed by atoms with Gasteiger partial charge < -0.3 is 14.7 Å². The summed E-state index contributed by atoms with van der Waals surface area (Å²) in [6.07, 6.45) is 8.81. The van der Waals surface area contributed by atoms with Crippen molar-refractivity contribution in [3.05, 3.63) is 62.0 Å². The maximum Gasteiger partial charge on any atom is 0.328 e. The molecule has 4 rings (SSSR count). The molecule has 0 aromatic carbocycles. The van der Waals surface area contributed by atoms with Crippen LogP contribution in [0.2, 0.25) is 0 Å². The van der Waals surface area contributed by atoms with Crippen molar-refractivity contribution >= 4 is 53.5 Å². The number of carboxylic acid groups (broad SMARTS) is 1. The zero-order valence-electron chi connectivity index (χ0n) is 19.5. The van der Waals surface area contributed by atoms with Crippen molar-refractivity contribution < 1.29 is 19.4 Å². The van der Waals surface area contributed by atoms with E-state index in [1.54, 1.807) is 29.7 Å². The van der Waals surface area contributed by atoms with Crippen LogP contribution < -0.4 is 10.5 Å². The van der Waals surface area contributed by atoms with E-state index in [4.69, 9.17) is 14.8 Å². The third-order valence-electron chi connectivity index (χ3n) is 5.74. The molecule has 1 aliphatic heterocycles. The van der Waals surface area contributed by atoms with E-state index in [1.807, 2.05) is 22.4 Å². The first-order valence-corrected chi connectivity index (χ1v) is 12.2. The lowest BCUT2D eigenvalue weighted by Gasteiger charge is -2.33. The Hall–Kier alpha value is -3.79. The van der Waals surface area contributed by atoms with Gasteiger partial charge in [0.15, 0.2) is 0 Å². The molecule has 1 fully saturated rings. The lowest BCUT2D eigenvalue weighted by Crippen LogP contribution is -2.41. The first-order valence-electron chi connectivity index (χ1n) is 11.3. The number of rotatable bonds is 8. The van der Waals surface area contributed by atoms with E-state index < -0.39 is 5.97 Å². The van der Waals surface area contributed by atoms with Crippen LogP contribution in [0.5, 0.6) is 0 Å². The number of carbonyl (C=O) groups excluding carboxylic acids is 1. The molecule has 1 saturated heterocycles. The molecule has 1 N–H and O–H groups in total. The summed E-state index contributed by atoms with van der Waals surface area (Å²) in [6.45, 7) is 5.60. The molecule has 3 aromatic rings. The molecule has 0 radical (unpaired) electrons. The van der Waals surface area contributed by atoms with Crippen LogP contribution in [-0.4, -0.2) is 51.1 Å². The number of fused-ring (bicyclic) bond motifs is 1. The maximum absolute atomic E-state index is 13.3. The molecule has 0 aliphatic carbocycles. The Labute approximate surface area is 206 Å². The van der Waals surface area contributed by atoms with E-state index >= 15 is 0 Å². The van der Waals surface area contributed by atoms with E-state index in [2.05, 4.69) is 18.8 Å². The summed E-state index contributed by atoms with van der Waals surface area (Å²) in [5.74, 6) is -0.432. The van der Waals surface area contributed by atoms with Gasteiger partial charge in [-0.25, -0.2) is 14.8 Å². The van der Waals surface area contributed by atoms with Crippen LogP contribution in [0, 0.1) is 0 Å². The van der Waals surface area contributed by atoms with Crippen molar-refractivity contribution in [3.63, 3.8) is 0 Å². The molecule has 35 heavy (non-hydrogen) atoms. The highest BCUT2D eigenvalue weighted by molar-refractivity contribution is 7.10. The lowest BCUT2D eigenvalue weighted by atomic mass is 10.1. The minimum atomic E-state index is -1.16. The zero-order valence-corrected chi connectivity index (χ0v) is 20.3. The lowest BCUT2D eigenvalue weighted by molar-refractivity contribution is -0.134. The van der Waals surface area contributed by atoms with Gasteiger partial charge in [0.05, 0.1) is 17.8 Å². The highest BCUT2D eigenvalue weighted by Crippen LogP contribution is 2.24. The number of aliphatic carboxylic acids is 1. The number of aromatic nitrogens is 3. The summed E-state index contributed by atoms with van der Waals surface area (Å²) >= 11 is 1.57. The van der Waals surface area contributed by atoms with Crippen molar-refractivity contribution in [3.8, 4) is 0 Å². The van der Waals surface area contributed by atoms with Crippen molar-refractivity contribution in [2.45, 2.75) is 38.7 Å². The summed E-state index contributed by atoms with van der Waals surface area (Å²) in [5.41, 5.74) is 2.12. The van der Waals surface area contributed by atoms with E-state index in [0.717, 1.165) is 28.8 Å². The maximum atomic E-state index is 13.3. The van der Waals surface area contributed by atoms with Crippen LogP contribution >= 0.6 is 11.3 Å². The number of pyridine rings is 1. The molecule has 9 nitrogen and oxygen atoms in total. The quantitative estimate of drug-likeness (QED) is 0.373. The summed E-state index contributed by atoms with van der Waals surface area (Å²) in [5, 5.41) is 12.1. The average Bonchev–Trinajstić information content (AvgIpc) is 3.32. The second-order valence-corrected chi connectivity index (χ2v) is 9.44. The average molecular weight is 495 g/mol. The largest absolute Gasteiger partial charge is 0.478 e. The number of carbonyl (C=O) groups is 2. The molecule has 0 amide bonds. The topological polar surface area (TPSA) is 114 Å². The molecule has 0 unspecified atom stereocenters. The molecule has 0 bridgehead atoms. The second-order valence-electron chi connectivity index (χ2n) is 8.56. The Morgan fingerprint density at radius 1 is 1.29 bits per heavy atom. The standard InChI is InChI=1S/C25H26N4O5S/c1-16(2)20-14-35-22(26-20)7-5-17-9-11-29-21(12-17)27-24(19(25(29)33)6-8-23(31)32)28-10-3-4-18(13-28)34-15-30/h5-9,11-12,14-16,18H,3-4,10,13H2,1-2H3,(H,31,32)/t18-/m0/s1. The van der Waals surface area contributed by atoms with Gasteiger partial charge in [0.2, 0.25) is 0 Å². The number of carboxylic acids is 1. The third-order valence-corrected chi connectivity index (χ3v) is 6.57. The number of nitrogens with zero attached hydrogens (tertiary/aromatic N) is 4. The molecule has 0 saturated carbocycles. The Bertz CT molecular complexity index is 1360. The van der Waals surface area contributed by atoms with Gasteiger partial charge in [-0.3, -0.25) is 14.0 Å². The van der Waals surface area contributed by atoms with Crippen LogP contribution in [0.1, 0.15) is 54.4 Å². The van der Waals surface area contributed by atoms with Gasteiger partial charge in [-0.1, -0.05) is 19.9 Å². The summed E-state index contributed by atoms with van der Waals surface area (Å²) in [7, 11) is 0. The highest BCUT2D eigenvalue weighted by Gasteiger charge is 2.25. The SMILES string of the molecule is CC(C)c1csc(C=Cc2ccn3c(=O)c(C=CC(=O)O)c(N4CCC[C@H](OC=O)C4)nc3c2)n1. The van der Waals surface area contributed by atoms with Crippen LogP contribution in [0.4, 0.5) is 5.82 Å². The Kier molecular flexibility index (Phi) is 7.40. The zero-order chi connectivity index (χ0) is 24.9. The summed E-state index contributed by atoms with van der Waals surface area (Å²) in [6, 6.07) is 3.59. The van der Waals surface area contributed by atoms with Gasteiger partial charge in [0.25, 0.3) is 12.0 Å². The van der Waals surface area contributed by atoms with Crippen molar-refractivity contribution in [1.82, 2.24) is 14.4 Å². The van der Waals surface area contributed by atoms with Gasteiger partial charge in [-0.15, -0.1) is 11.3 Å². The van der Waals surface area contributed by atoms with Gasteiger partial charge in [-0.05, 0) is 48.6 Å². The highest BCUT2D eigenvalue weighted by atomic mass is 32.1. The van der Waals surface area contributed by atoms with E-state index in [0.29, 0.717) is 43.4 Å². The first kappa shape index (κ1) is 24.3. The molecule has 3 aromatic heterocycles. The Morgan fingerprint density at radius 3 is 2.83 bits per heavy atom. The number of hydrogen-bond donors (Lipinski definition) is 1. The van der Waals surface area contributed by atoms with Crippen molar-refractivity contribution in [2.75, 3.05) is 18.0 Å². The molecule has 1 aliphatic rings. The van der Waals surface area contributed by atoms with E-state index in [-0.39, 0.29) is 17.2 Å². The van der Waals surface area contributed by atoms with E-state index in [9.17, 15) is 14.4 Å². The molecular formula is C25H26N4O5S. The van der Waals surface area contributed by atoms with Crippen LogP contribution in [-0.2, 0) is 14.3 Å². The molecule has 10 heteroatoms. The van der Waals surface area contributed by atoms with Crippen molar-refractivity contribution in [1.29, 1.82) is 0 Å². The molecule has 1 atom stereocenters. The molecule has 182 valence electrons. The Balaban J connectivity index is 1.74. The second kappa shape index (κ2) is 10.6. The van der Waals surface area contributed by atoms with Crippen LogP contribution in [0.15, 0.2) is 34.6 Å². The summed E-state index contributed by atoms with van der Waals surface area (Å²) < 4.78 is 6.54. The minimum absolute atomic E-state index is 0.170. The summed E-state index contributed by atoms with van der Waals surface area (Å²) in [4.78, 5) is 46.5. The van der Waals surface area contributed by atoms with Gasteiger partial charge in [0.1, 0.15) is 22.6 Å². The number of anilines is 1. The van der Waals surface area contributed by atoms with Crippen LogP contribution in [0.25, 0.3) is 23.9 Å². The minimum Gasteiger partial charge on any atom is -0.478 e. The van der Waals surface area contributed by atoms with Crippen molar-refractivity contribution in [2.24, 2.45) is 0 Å². The van der Waals surface area contributed by atoms with Gasteiger partial charge >= 0.3 is 5.97 Å². The molecule has 4 heterocycles. The monoisotopic (exact) mass is 494 g/mol. The Morgan fingerprint density at radius 2 is 2.11 bits per heavy atom. The predicted octanol–water partition coefficient (Wildman–Crippen LogP) is 3.68. The number of ether oxygens (including phenoxy) is 1. The number of piperidine rings is 1. The van der Waals surface area contributed by atoms with Gasteiger partial charge in [0, 0.05) is 24.2 Å². The first-order chi connectivity index (χ1) is 16.9. The van der Waals surface area contributed by atoms with Gasteiger partial charge in [-0.2, -0.15) is 0 Å². The smallest absolute Gasteiger partial charge is 0.328 e. The molecular weight excluding hydrogens is 468 g/mol. The van der Waals surface area contributed by atoms with Crippen LogP contribution in [0.3, 0.4) is 0 Å². The third kappa shape index (κ3) is 5.65. The fourth-order valence-corrected chi connectivity index (χ4v) is 4.80. The normalized spacial score (nSPS) is 16.5. The number of hydrogen-bond acceptors (Lipinski definition) is 8. The predicted molar refractivity (Wildman–Crippen MR) is 136 cm³/mol.